The number of hydrogen-bond donors (Lipinski definition) is 2. The number of nitrogens with one attached hydrogen (secondary N) is 1. The Kier molecular flexibility index (Phi) is 5.35. The molecule has 0 unspecified atom stereocenters. The van der Waals surface area contributed by atoms with Crippen molar-refractivity contribution in [2.75, 3.05) is 0 Å². The smallest absolute Gasteiger partial charge is 0.393 e. The lowest BCUT2D eigenvalue weighted by Gasteiger charge is -2.21. The Morgan fingerprint density at radius 2 is 2.05 bits per heavy atom. The van der Waals surface area contributed by atoms with Crippen LogP contribution in [0, 0.1) is 0 Å². The van der Waals surface area contributed by atoms with Crippen LogP contribution in [0.2, 0.25) is 0 Å². The van der Waals surface area contributed by atoms with Crippen LogP contribution in [0.25, 0.3) is 0 Å². The number of aliphatic hydroxyl groups excluding tert-OH is 1. The summed E-state index contributed by atoms with van der Waals surface area (Å²) in [5, 5.41) is 11.5. The highest BCUT2D eigenvalue weighted by Crippen LogP contribution is 2.18. The highest BCUT2D eigenvalue weighted by Gasteiger charge is 2.39. The molecule has 2 atom stereocenters. The largest absolute Gasteiger partial charge is 0.471 e. The molecule has 3 nitrogen and oxygen atoms in total. The maximum atomic E-state index is 12.2. The highest BCUT2D eigenvalue weighted by molar-refractivity contribution is 5.82. The van der Waals surface area contributed by atoms with Crippen LogP contribution in [0.15, 0.2) is 36.5 Å². The Labute approximate surface area is 109 Å². The van der Waals surface area contributed by atoms with E-state index < -0.39 is 24.2 Å². The Morgan fingerprint density at radius 3 is 2.68 bits per heavy atom. The van der Waals surface area contributed by atoms with Crippen LogP contribution >= 0.6 is 0 Å². The molecule has 1 aliphatic rings. The number of alkyl halides is 3. The molecule has 0 saturated heterocycles. The second-order valence-electron chi connectivity index (χ2n) is 4.35. The number of allylic oxidation sites excluding steroid dienone is 2. The second kappa shape index (κ2) is 6.56. The summed E-state index contributed by atoms with van der Waals surface area (Å²) in [6, 6.07) is -0.827. The Bertz CT molecular complexity index is 399. The zero-order valence-electron chi connectivity index (χ0n) is 10.3. The molecular weight excluding hydrogens is 259 g/mol. The van der Waals surface area contributed by atoms with Gasteiger partial charge in [0.15, 0.2) is 0 Å². The van der Waals surface area contributed by atoms with E-state index in [1.807, 2.05) is 5.32 Å². The molecule has 106 valence electrons. The minimum Gasteiger partial charge on any atom is -0.393 e. The third-order valence-corrected chi connectivity index (χ3v) is 2.76. The normalized spacial score (nSPS) is 28.5. The lowest BCUT2D eigenvalue weighted by Crippen LogP contribution is -2.44. The molecule has 1 rings (SSSR count). The van der Waals surface area contributed by atoms with Crippen molar-refractivity contribution in [3.63, 3.8) is 0 Å². The van der Waals surface area contributed by atoms with Gasteiger partial charge in [-0.2, -0.15) is 13.2 Å². The summed E-state index contributed by atoms with van der Waals surface area (Å²) in [5.41, 5.74) is 0.372. The van der Waals surface area contributed by atoms with Crippen molar-refractivity contribution in [1.82, 2.24) is 5.32 Å². The molecule has 0 spiro atoms. The molecule has 0 saturated carbocycles. The lowest BCUT2D eigenvalue weighted by molar-refractivity contribution is -0.174. The number of carbonyl (C=O) groups excluding carboxylic acids is 1. The summed E-state index contributed by atoms with van der Waals surface area (Å²) in [5.74, 6) is -1.99. The van der Waals surface area contributed by atoms with E-state index in [2.05, 4.69) is 6.58 Å². The van der Waals surface area contributed by atoms with Crippen LogP contribution in [0.4, 0.5) is 13.2 Å². The second-order valence-corrected chi connectivity index (χ2v) is 4.35. The quantitative estimate of drug-likeness (QED) is 0.771. The highest BCUT2D eigenvalue weighted by atomic mass is 19.4. The van der Waals surface area contributed by atoms with E-state index in [1.54, 1.807) is 24.3 Å². The fourth-order valence-electron chi connectivity index (χ4n) is 1.68. The molecule has 2 N–H and O–H groups in total. The molecule has 0 radical (unpaired) electrons. The summed E-state index contributed by atoms with van der Waals surface area (Å²) < 4.78 is 36.6. The van der Waals surface area contributed by atoms with Crippen molar-refractivity contribution in [2.24, 2.45) is 0 Å². The van der Waals surface area contributed by atoms with Crippen LogP contribution in [-0.2, 0) is 4.79 Å². The lowest BCUT2D eigenvalue weighted by atomic mass is 9.98. The molecule has 0 aromatic heterocycles. The van der Waals surface area contributed by atoms with E-state index in [0.717, 1.165) is 0 Å². The standard InChI is InChI=1S/C13H16F3NO2/c1-9-5-3-2-4-6-10(18)7-8-11(9)17-12(19)13(14,15)16/h2-5,10-11,18H,1,6-8H2,(H,17,19)/b4-2-,5-3-/t10-,11-/m0/s1. The van der Waals surface area contributed by atoms with Gasteiger partial charge in [0.2, 0.25) is 0 Å². The number of hydrogen-bond acceptors (Lipinski definition) is 2. The summed E-state index contributed by atoms with van der Waals surface area (Å²) in [7, 11) is 0. The Balaban J connectivity index is 2.77. The molecule has 1 amide bonds. The molecule has 19 heavy (non-hydrogen) atoms. The van der Waals surface area contributed by atoms with E-state index in [1.165, 1.54) is 0 Å². The number of halogens is 3. The predicted molar refractivity (Wildman–Crippen MR) is 65.3 cm³/mol. The third kappa shape index (κ3) is 5.30. The van der Waals surface area contributed by atoms with Gasteiger partial charge in [-0.1, -0.05) is 30.9 Å². The van der Waals surface area contributed by atoms with Crippen molar-refractivity contribution in [3.8, 4) is 0 Å². The van der Waals surface area contributed by atoms with Gasteiger partial charge in [0.1, 0.15) is 0 Å². The first kappa shape index (κ1) is 15.5. The first-order valence-corrected chi connectivity index (χ1v) is 5.88. The van der Waals surface area contributed by atoms with Gasteiger partial charge in [-0.25, -0.2) is 0 Å². The molecule has 0 aromatic carbocycles. The fraction of sp³-hybridized carbons (Fsp3) is 0.462. The Morgan fingerprint density at radius 1 is 1.37 bits per heavy atom. The number of rotatable bonds is 1. The van der Waals surface area contributed by atoms with E-state index >= 15 is 0 Å². The molecule has 0 heterocycles. The topological polar surface area (TPSA) is 49.3 Å². The van der Waals surface area contributed by atoms with Crippen molar-refractivity contribution >= 4 is 5.91 Å². The SMILES string of the molecule is C=C1/C=C\C=C/C[C@H](O)CC[C@@H]1NC(=O)C(F)(F)F. The average Bonchev–Trinajstić information content (AvgIpc) is 2.31. The fourth-order valence-corrected chi connectivity index (χ4v) is 1.68. The maximum absolute atomic E-state index is 12.2. The van der Waals surface area contributed by atoms with Gasteiger partial charge in [-0.3, -0.25) is 4.79 Å². The van der Waals surface area contributed by atoms with Gasteiger partial charge in [-0.15, -0.1) is 0 Å². The van der Waals surface area contributed by atoms with E-state index in [4.69, 9.17) is 0 Å². The van der Waals surface area contributed by atoms with Crippen LogP contribution < -0.4 is 5.32 Å². The monoisotopic (exact) mass is 275 g/mol. The third-order valence-electron chi connectivity index (χ3n) is 2.76. The van der Waals surface area contributed by atoms with Gasteiger partial charge < -0.3 is 10.4 Å². The summed E-state index contributed by atoms with van der Waals surface area (Å²) in [4.78, 5) is 10.9. The molecule has 0 aliphatic heterocycles. The van der Waals surface area contributed by atoms with E-state index in [-0.39, 0.29) is 6.42 Å². The number of amides is 1. The Hall–Kier alpha value is -1.56. The van der Waals surface area contributed by atoms with Gasteiger partial charge >= 0.3 is 12.1 Å². The van der Waals surface area contributed by atoms with Gasteiger partial charge in [0, 0.05) is 0 Å². The van der Waals surface area contributed by atoms with Crippen LogP contribution in [0.5, 0.6) is 0 Å². The molecule has 0 bridgehead atoms. The summed E-state index contributed by atoms with van der Waals surface area (Å²) >= 11 is 0. The van der Waals surface area contributed by atoms with E-state index in [0.29, 0.717) is 18.4 Å². The van der Waals surface area contributed by atoms with Crippen LogP contribution in [0.3, 0.4) is 0 Å². The van der Waals surface area contributed by atoms with Gasteiger partial charge in [0.25, 0.3) is 0 Å². The molecule has 0 fully saturated rings. The molecule has 6 heteroatoms. The maximum Gasteiger partial charge on any atom is 0.471 e. The minimum atomic E-state index is -4.92. The molecule has 0 aromatic rings. The first-order valence-electron chi connectivity index (χ1n) is 5.88. The van der Waals surface area contributed by atoms with Crippen LogP contribution in [-0.4, -0.2) is 29.3 Å². The predicted octanol–water partition coefficient (Wildman–Crippen LogP) is 2.25. The zero-order chi connectivity index (χ0) is 14.5. The van der Waals surface area contributed by atoms with Gasteiger partial charge in [0.05, 0.1) is 12.1 Å². The van der Waals surface area contributed by atoms with Crippen molar-refractivity contribution < 1.29 is 23.1 Å². The van der Waals surface area contributed by atoms with Crippen molar-refractivity contribution in [1.29, 1.82) is 0 Å². The summed E-state index contributed by atoms with van der Waals surface area (Å²) in [6.45, 7) is 3.65. The molecular formula is C13H16F3NO2. The zero-order valence-corrected chi connectivity index (χ0v) is 10.3. The number of aliphatic hydroxyl groups is 1. The van der Waals surface area contributed by atoms with Crippen LogP contribution in [0.1, 0.15) is 19.3 Å². The van der Waals surface area contributed by atoms with Gasteiger partial charge in [-0.05, 0) is 24.8 Å². The van der Waals surface area contributed by atoms with Crippen molar-refractivity contribution in [2.45, 2.75) is 37.6 Å². The first-order chi connectivity index (χ1) is 8.80. The minimum absolute atomic E-state index is 0.208. The molecule has 1 aliphatic carbocycles. The average molecular weight is 275 g/mol. The van der Waals surface area contributed by atoms with E-state index in [9.17, 15) is 23.1 Å². The van der Waals surface area contributed by atoms with Crippen molar-refractivity contribution in [3.05, 3.63) is 36.5 Å². The summed E-state index contributed by atoms with van der Waals surface area (Å²) in [6.07, 6.45) is 1.99. The number of carbonyl (C=O) groups is 1.